The number of benzene rings is 3. The van der Waals surface area contributed by atoms with E-state index in [1.54, 1.807) is 0 Å². The van der Waals surface area contributed by atoms with Gasteiger partial charge in [-0.05, 0) is 41.8 Å². The summed E-state index contributed by atoms with van der Waals surface area (Å²) in [5.74, 6) is 3.24. The minimum atomic E-state index is -0.427. The van der Waals surface area contributed by atoms with E-state index in [-0.39, 0.29) is 0 Å². The van der Waals surface area contributed by atoms with Gasteiger partial charge in [-0.25, -0.2) is 0 Å². The maximum Gasteiger partial charge on any atom is 0.235 e. The van der Waals surface area contributed by atoms with Gasteiger partial charge in [0.15, 0.2) is 23.0 Å². The van der Waals surface area contributed by atoms with Gasteiger partial charge in [0, 0.05) is 31.7 Å². The van der Waals surface area contributed by atoms with Crippen molar-refractivity contribution in [2.45, 2.75) is 45.9 Å². The molecule has 4 aromatic rings. The predicted molar refractivity (Wildman–Crippen MR) is 150 cm³/mol. The fourth-order valence-electron chi connectivity index (χ4n) is 5.24. The molecule has 0 atom stereocenters. The highest BCUT2D eigenvalue weighted by Gasteiger charge is 2.22. The van der Waals surface area contributed by atoms with E-state index in [0.29, 0.717) is 64.1 Å². The van der Waals surface area contributed by atoms with Crippen LogP contribution in [0.4, 0.5) is 4.39 Å². The molecule has 6 rings (SSSR count). The SMILES string of the molecule is CCCCn1c(-c2ccccc2)nc(F)c1CN(Cc1ccc2c(c1)OCCO2)Cc1ccc2c(c1)OCCO2. The summed E-state index contributed by atoms with van der Waals surface area (Å²) in [6.07, 6.45) is 1.94. The molecule has 7 nitrogen and oxygen atoms in total. The van der Waals surface area contributed by atoms with E-state index in [0.717, 1.165) is 52.5 Å². The van der Waals surface area contributed by atoms with Crippen molar-refractivity contribution < 1.29 is 23.3 Å². The molecule has 3 heterocycles. The standard InChI is InChI=1S/C32H34FN3O4/c1-2-3-13-36-26(31(33)34-32(36)25-7-5-4-6-8-25)22-35(20-23-9-11-27-29(18-23)39-16-14-37-27)21-24-10-12-28-30(19-24)40-17-15-38-28/h4-12,18-19H,2-3,13-17,20-22H2,1H3. The minimum Gasteiger partial charge on any atom is -0.486 e. The lowest BCUT2D eigenvalue weighted by Gasteiger charge is -2.26. The number of imidazole rings is 1. The molecule has 0 aliphatic carbocycles. The molecule has 0 saturated carbocycles. The number of nitrogens with zero attached hydrogens (tertiary/aromatic N) is 3. The van der Waals surface area contributed by atoms with E-state index >= 15 is 4.39 Å². The van der Waals surface area contributed by atoms with Crippen molar-refractivity contribution in [1.82, 2.24) is 14.5 Å². The van der Waals surface area contributed by atoms with Crippen molar-refractivity contribution in [3.8, 4) is 34.4 Å². The molecule has 2 aliphatic rings. The summed E-state index contributed by atoms with van der Waals surface area (Å²) in [6.45, 7) is 6.57. The molecule has 0 amide bonds. The Morgan fingerprint density at radius 1 is 0.750 bits per heavy atom. The summed E-state index contributed by atoms with van der Waals surface area (Å²) in [6, 6.07) is 21.9. The Balaban J connectivity index is 1.34. The van der Waals surface area contributed by atoms with Crippen LogP contribution in [0, 0.1) is 5.95 Å². The summed E-state index contributed by atoms with van der Waals surface area (Å²) in [5, 5.41) is 0. The summed E-state index contributed by atoms with van der Waals surface area (Å²) < 4.78 is 40.8. The Morgan fingerprint density at radius 3 is 1.90 bits per heavy atom. The van der Waals surface area contributed by atoms with Crippen LogP contribution in [0.1, 0.15) is 36.6 Å². The van der Waals surface area contributed by atoms with Crippen LogP contribution in [0.15, 0.2) is 66.7 Å². The third kappa shape index (κ3) is 5.77. The van der Waals surface area contributed by atoms with Gasteiger partial charge in [0.05, 0.1) is 5.69 Å². The van der Waals surface area contributed by atoms with Crippen LogP contribution >= 0.6 is 0 Å². The van der Waals surface area contributed by atoms with Gasteiger partial charge < -0.3 is 23.5 Å². The zero-order valence-electron chi connectivity index (χ0n) is 22.8. The molecule has 40 heavy (non-hydrogen) atoms. The smallest absolute Gasteiger partial charge is 0.235 e. The second-order valence-electron chi connectivity index (χ2n) is 10.1. The van der Waals surface area contributed by atoms with Gasteiger partial charge in [0.2, 0.25) is 5.95 Å². The summed E-state index contributed by atoms with van der Waals surface area (Å²) in [7, 11) is 0. The average molecular weight is 544 g/mol. The number of halogens is 1. The van der Waals surface area contributed by atoms with E-state index in [4.69, 9.17) is 18.9 Å². The second kappa shape index (κ2) is 12.0. The number of aromatic nitrogens is 2. The fourth-order valence-corrected chi connectivity index (χ4v) is 5.24. The maximum atomic E-state index is 15.6. The highest BCUT2D eigenvalue weighted by molar-refractivity contribution is 5.56. The van der Waals surface area contributed by atoms with Gasteiger partial charge in [-0.1, -0.05) is 55.8 Å². The lowest BCUT2D eigenvalue weighted by atomic mass is 10.1. The van der Waals surface area contributed by atoms with Gasteiger partial charge in [0.1, 0.15) is 32.3 Å². The van der Waals surface area contributed by atoms with Gasteiger partial charge in [-0.2, -0.15) is 9.37 Å². The lowest BCUT2D eigenvalue weighted by Crippen LogP contribution is -2.25. The predicted octanol–water partition coefficient (Wildman–Crippen LogP) is 6.23. The average Bonchev–Trinajstić information content (AvgIpc) is 3.30. The molecule has 0 spiro atoms. The molecule has 0 radical (unpaired) electrons. The third-order valence-electron chi connectivity index (χ3n) is 7.19. The van der Waals surface area contributed by atoms with E-state index in [1.807, 2.05) is 66.7 Å². The van der Waals surface area contributed by atoms with Gasteiger partial charge in [-0.3, -0.25) is 4.90 Å². The molecule has 0 saturated heterocycles. The molecule has 3 aromatic carbocycles. The molecule has 0 fully saturated rings. The lowest BCUT2D eigenvalue weighted by molar-refractivity contribution is 0.170. The molecule has 2 aliphatic heterocycles. The first-order valence-electron chi connectivity index (χ1n) is 14.0. The normalized spacial score (nSPS) is 14.0. The van der Waals surface area contributed by atoms with Crippen LogP contribution in [-0.4, -0.2) is 40.9 Å². The Morgan fingerprint density at radius 2 is 1.32 bits per heavy atom. The fraction of sp³-hybridized carbons (Fsp3) is 0.344. The number of ether oxygens (including phenoxy) is 4. The summed E-state index contributed by atoms with van der Waals surface area (Å²) >= 11 is 0. The van der Waals surface area contributed by atoms with Crippen LogP contribution < -0.4 is 18.9 Å². The number of hydrogen-bond donors (Lipinski definition) is 0. The molecule has 0 bridgehead atoms. The number of fused-ring (bicyclic) bond motifs is 2. The number of unbranched alkanes of at least 4 members (excludes halogenated alkanes) is 1. The maximum absolute atomic E-state index is 15.6. The van der Waals surface area contributed by atoms with Gasteiger partial charge in [0.25, 0.3) is 0 Å². The van der Waals surface area contributed by atoms with Crippen LogP contribution in [0.3, 0.4) is 0 Å². The Bertz CT molecular complexity index is 1390. The van der Waals surface area contributed by atoms with Crippen molar-refractivity contribution >= 4 is 0 Å². The molecule has 0 unspecified atom stereocenters. The quantitative estimate of drug-likeness (QED) is 0.236. The zero-order valence-corrected chi connectivity index (χ0v) is 22.8. The first-order chi connectivity index (χ1) is 19.7. The van der Waals surface area contributed by atoms with Crippen molar-refractivity contribution in [3.05, 3.63) is 89.5 Å². The largest absolute Gasteiger partial charge is 0.486 e. The monoisotopic (exact) mass is 543 g/mol. The van der Waals surface area contributed by atoms with Crippen LogP contribution in [0.2, 0.25) is 0 Å². The van der Waals surface area contributed by atoms with Crippen molar-refractivity contribution in [3.63, 3.8) is 0 Å². The Labute approximate surface area is 234 Å². The number of hydrogen-bond acceptors (Lipinski definition) is 6. The van der Waals surface area contributed by atoms with Gasteiger partial charge in [-0.15, -0.1) is 0 Å². The van der Waals surface area contributed by atoms with Crippen molar-refractivity contribution in [2.24, 2.45) is 0 Å². The molecular weight excluding hydrogens is 509 g/mol. The zero-order chi connectivity index (χ0) is 27.3. The Kier molecular flexibility index (Phi) is 7.86. The van der Waals surface area contributed by atoms with Gasteiger partial charge >= 0.3 is 0 Å². The first kappa shape index (κ1) is 26.2. The van der Waals surface area contributed by atoms with Crippen LogP contribution in [0.25, 0.3) is 11.4 Å². The molecule has 208 valence electrons. The van der Waals surface area contributed by atoms with Crippen LogP contribution in [-0.2, 0) is 26.2 Å². The molecule has 8 heteroatoms. The highest BCUT2D eigenvalue weighted by Crippen LogP contribution is 2.34. The van der Waals surface area contributed by atoms with E-state index in [9.17, 15) is 0 Å². The van der Waals surface area contributed by atoms with E-state index < -0.39 is 5.95 Å². The van der Waals surface area contributed by atoms with Crippen molar-refractivity contribution in [1.29, 1.82) is 0 Å². The highest BCUT2D eigenvalue weighted by atomic mass is 19.1. The van der Waals surface area contributed by atoms with E-state index in [2.05, 4.69) is 21.4 Å². The summed E-state index contributed by atoms with van der Waals surface area (Å²) in [5.41, 5.74) is 3.62. The topological polar surface area (TPSA) is 58.0 Å². The molecule has 0 N–H and O–H groups in total. The second-order valence-corrected chi connectivity index (χ2v) is 10.1. The molecule has 1 aromatic heterocycles. The van der Waals surface area contributed by atoms with Crippen molar-refractivity contribution in [2.75, 3.05) is 26.4 Å². The Hall–Kier alpha value is -4.04. The molecular formula is C32H34FN3O4. The third-order valence-corrected chi connectivity index (χ3v) is 7.19. The van der Waals surface area contributed by atoms with Crippen LogP contribution in [0.5, 0.6) is 23.0 Å². The minimum absolute atomic E-state index is 0.387. The van der Waals surface area contributed by atoms with E-state index in [1.165, 1.54) is 0 Å². The number of rotatable bonds is 10. The first-order valence-corrected chi connectivity index (χ1v) is 14.0. The summed E-state index contributed by atoms with van der Waals surface area (Å²) in [4.78, 5) is 6.64.